The summed E-state index contributed by atoms with van der Waals surface area (Å²) in [4.78, 5) is 15.6. The van der Waals surface area contributed by atoms with Gasteiger partial charge >= 0.3 is 5.97 Å². The van der Waals surface area contributed by atoms with E-state index in [1.54, 1.807) is 18.3 Å². The SMILES string of the molecule is O=C(O)c1cn(-c2ccccn2)nc1-c1ccccc1Br. The minimum Gasteiger partial charge on any atom is -0.478 e. The molecule has 0 spiro atoms. The van der Waals surface area contributed by atoms with Crippen LogP contribution in [-0.2, 0) is 0 Å². The fourth-order valence-corrected chi connectivity index (χ4v) is 2.46. The molecule has 0 aliphatic rings. The van der Waals surface area contributed by atoms with Crippen LogP contribution < -0.4 is 0 Å². The second kappa shape index (κ2) is 5.49. The largest absolute Gasteiger partial charge is 0.478 e. The van der Waals surface area contributed by atoms with E-state index in [9.17, 15) is 9.90 Å². The summed E-state index contributed by atoms with van der Waals surface area (Å²) in [5.74, 6) is -0.457. The maximum atomic E-state index is 11.5. The van der Waals surface area contributed by atoms with Crippen LogP contribution in [0.1, 0.15) is 10.4 Å². The molecule has 0 aliphatic carbocycles. The Labute approximate surface area is 129 Å². The number of benzene rings is 1. The number of nitrogens with zero attached hydrogens (tertiary/aromatic N) is 3. The van der Waals surface area contributed by atoms with E-state index in [-0.39, 0.29) is 5.56 Å². The number of pyridine rings is 1. The number of carboxylic acid groups (broad SMARTS) is 1. The number of carbonyl (C=O) groups is 1. The normalized spacial score (nSPS) is 10.5. The predicted octanol–water partition coefficient (Wildman–Crippen LogP) is 3.40. The molecule has 3 aromatic rings. The Morgan fingerprint density at radius 3 is 2.57 bits per heavy atom. The molecule has 21 heavy (non-hydrogen) atoms. The van der Waals surface area contributed by atoms with Gasteiger partial charge in [0.15, 0.2) is 5.82 Å². The van der Waals surface area contributed by atoms with Crippen LogP contribution in [0, 0.1) is 0 Å². The zero-order chi connectivity index (χ0) is 14.8. The third-order valence-electron chi connectivity index (χ3n) is 2.96. The summed E-state index contributed by atoms with van der Waals surface area (Å²) in [5, 5.41) is 13.8. The summed E-state index contributed by atoms with van der Waals surface area (Å²) in [7, 11) is 0. The van der Waals surface area contributed by atoms with Crippen LogP contribution >= 0.6 is 15.9 Å². The Bertz CT molecular complexity index is 800. The highest BCUT2D eigenvalue weighted by molar-refractivity contribution is 9.10. The topological polar surface area (TPSA) is 68.0 Å². The molecule has 0 saturated heterocycles. The average Bonchev–Trinajstić information content (AvgIpc) is 2.94. The number of aromatic nitrogens is 3. The van der Waals surface area contributed by atoms with Gasteiger partial charge in [-0.05, 0) is 18.2 Å². The summed E-state index contributed by atoms with van der Waals surface area (Å²) >= 11 is 3.42. The second-order valence-corrected chi connectivity index (χ2v) is 5.16. The summed E-state index contributed by atoms with van der Waals surface area (Å²) in [6.07, 6.45) is 3.11. The zero-order valence-electron chi connectivity index (χ0n) is 10.8. The fraction of sp³-hybridized carbons (Fsp3) is 0. The lowest BCUT2D eigenvalue weighted by Crippen LogP contribution is -1.97. The van der Waals surface area contributed by atoms with E-state index in [2.05, 4.69) is 26.0 Å². The van der Waals surface area contributed by atoms with Crippen LogP contribution in [-0.4, -0.2) is 25.8 Å². The molecule has 5 nitrogen and oxygen atoms in total. The van der Waals surface area contributed by atoms with Gasteiger partial charge in [-0.3, -0.25) is 0 Å². The van der Waals surface area contributed by atoms with Gasteiger partial charge in [0.2, 0.25) is 0 Å². The smallest absolute Gasteiger partial charge is 0.339 e. The zero-order valence-corrected chi connectivity index (χ0v) is 12.4. The molecule has 0 aliphatic heterocycles. The van der Waals surface area contributed by atoms with Crippen molar-refractivity contribution in [2.45, 2.75) is 0 Å². The van der Waals surface area contributed by atoms with Gasteiger partial charge in [-0.2, -0.15) is 5.10 Å². The van der Waals surface area contributed by atoms with Gasteiger partial charge in [0.05, 0.1) is 0 Å². The summed E-state index contributed by atoms with van der Waals surface area (Å²) < 4.78 is 2.26. The first-order valence-corrected chi connectivity index (χ1v) is 6.95. The van der Waals surface area contributed by atoms with Crippen molar-refractivity contribution in [3.8, 4) is 17.1 Å². The van der Waals surface area contributed by atoms with Crippen molar-refractivity contribution in [3.63, 3.8) is 0 Å². The van der Waals surface area contributed by atoms with Crippen molar-refractivity contribution in [1.29, 1.82) is 0 Å². The Kier molecular flexibility index (Phi) is 3.53. The first-order valence-electron chi connectivity index (χ1n) is 6.16. The van der Waals surface area contributed by atoms with Crippen LogP contribution in [0.25, 0.3) is 17.1 Å². The van der Waals surface area contributed by atoms with Gasteiger partial charge in [-0.25, -0.2) is 14.5 Å². The van der Waals surface area contributed by atoms with Crippen molar-refractivity contribution < 1.29 is 9.90 Å². The third-order valence-corrected chi connectivity index (χ3v) is 3.65. The van der Waals surface area contributed by atoms with Crippen molar-refractivity contribution in [3.05, 3.63) is 64.9 Å². The molecule has 104 valence electrons. The molecular formula is C15H10BrN3O2. The second-order valence-electron chi connectivity index (χ2n) is 4.31. The molecule has 1 aromatic carbocycles. The molecule has 0 saturated carbocycles. The molecule has 0 atom stereocenters. The molecule has 0 fully saturated rings. The Morgan fingerprint density at radius 1 is 1.14 bits per heavy atom. The van der Waals surface area contributed by atoms with Crippen molar-refractivity contribution in [2.75, 3.05) is 0 Å². The lowest BCUT2D eigenvalue weighted by atomic mass is 10.1. The highest BCUT2D eigenvalue weighted by Gasteiger charge is 2.19. The van der Waals surface area contributed by atoms with Gasteiger partial charge in [-0.1, -0.05) is 40.2 Å². The number of rotatable bonds is 3. The van der Waals surface area contributed by atoms with Crippen LogP contribution in [0.5, 0.6) is 0 Å². The van der Waals surface area contributed by atoms with E-state index in [1.807, 2.05) is 30.3 Å². The molecule has 1 N–H and O–H groups in total. The molecule has 0 bridgehead atoms. The van der Waals surface area contributed by atoms with Crippen molar-refractivity contribution >= 4 is 21.9 Å². The summed E-state index contributed by atoms with van der Waals surface area (Å²) in [6, 6.07) is 12.8. The van der Waals surface area contributed by atoms with Gasteiger partial charge in [0.25, 0.3) is 0 Å². The van der Waals surface area contributed by atoms with Crippen LogP contribution in [0.4, 0.5) is 0 Å². The lowest BCUT2D eigenvalue weighted by Gasteiger charge is -2.02. The van der Waals surface area contributed by atoms with Gasteiger partial charge < -0.3 is 5.11 Å². The Hall–Kier alpha value is -2.47. The van der Waals surface area contributed by atoms with Gasteiger partial charge in [-0.15, -0.1) is 0 Å². The number of hydrogen-bond acceptors (Lipinski definition) is 3. The minimum absolute atomic E-state index is 0.132. The van der Waals surface area contributed by atoms with E-state index >= 15 is 0 Å². The van der Waals surface area contributed by atoms with Crippen LogP contribution in [0.3, 0.4) is 0 Å². The fourth-order valence-electron chi connectivity index (χ4n) is 1.99. The maximum absolute atomic E-state index is 11.5. The molecular weight excluding hydrogens is 334 g/mol. The van der Waals surface area contributed by atoms with Crippen LogP contribution in [0.2, 0.25) is 0 Å². The first kappa shape index (κ1) is 13.5. The molecule has 0 amide bonds. The van der Waals surface area contributed by atoms with E-state index in [1.165, 1.54) is 10.9 Å². The molecule has 6 heteroatoms. The quantitative estimate of drug-likeness (QED) is 0.791. The first-order chi connectivity index (χ1) is 10.2. The molecule has 0 unspecified atom stereocenters. The number of aromatic carboxylic acids is 1. The number of hydrogen-bond donors (Lipinski definition) is 1. The van der Waals surface area contributed by atoms with E-state index in [0.717, 1.165) is 10.0 Å². The molecule has 0 radical (unpaired) electrons. The molecule has 2 heterocycles. The monoisotopic (exact) mass is 343 g/mol. The maximum Gasteiger partial charge on any atom is 0.339 e. The van der Waals surface area contributed by atoms with Crippen molar-refractivity contribution in [2.24, 2.45) is 0 Å². The number of halogens is 1. The lowest BCUT2D eigenvalue weighted by molar-refractivity contribution is 0.0697. The van der Waals surface area contributed by atoms with Crippen LogP contribution in [0.15, 0.2) is 59.3 Å². The summed E-state index contributed by atoms with van der Waals surface area (Å²) in [6.45, 7) is 0. The highest BCUT2D eigenvalue weighted by atomic mass is 79.9. The average molecular weight is 344 g/mol. The van der Waals surface area contributed by atoms with E-state index in [4.69, 9.17) is 0 Å². The van der Waals surface area contributed by atoms with Gasteiger partial charge in [0.1, 0.15) is 11.3 Å². The van der Waals surface area contributed by atoms with Gasteiger partial charge in [0, 0.05) is 22.4 Å². The molecule has 3 rings (SSSR count). The predicted molar refractivity (Wildman–Crippen MR) is 81.5 cm³/mol. The summed E-state index contributed by atoms with van der Waals surface area (Å²) in [5.41, 5.74) is 1.26. The Morgan fingerprint density at radius 2 is 1.90 bits per heavy atom. The highest BCUT2D eigenvalue weighted by Crippen LogP contribution is 2.29. The molecule has 2 aromatic heterocycles. The third kappa shape index (κ3) is 2.57. The minimum atomic E-state index is -1.03. The Balaban J connectivity index is 2.19. The standard InChI is InChI=1S/C15H10BrN3O2/c16-12-6-2-1-5-10(12)14-11(15(20)21)9-19(18-14)13-7-3-4-8-17-13/h1-9H,(H,20,21). The number of carboxylic acids is 1. The van der Waals surface area contributed by atoms with Crippen molar-refractivity contribution in [1.82, 2.24) is 14.8 Å². The van der Waals surface area contributed by atoms with E-state index in [0.29, 0.717) is 11.5 Å². The van der Waals surface area contributed by atoms with E-state index < -0.39 is 5.97 Å².